The maximum Gasteiger partial charge on any atom is 0.294 e. The molecule has 1 heterocycles. The van der Waals surface area contributed by atoms with Gasteiger partial charge in [0.15, 0.2) is 0 Å². The predicted molar refractivity (Wildman–Crippen MR) is 83.1 cm³/mol. The Balaban J connectivity index is 1.86. The number of nitrogens with zero attached hydrogens (tertiary/aromatic N) is 2. The van der Waals surface area contributed by atoms with Crippen LogP contribution >= 0.6 is 11.3 Å². The van der Waals surface area contributed by atoms with Crippen LogP contribution in [0.1, 0.15) is 58.4 Å². The molecule has 0 amide bonds. The third-order valence-electron chi connectivity index (χ3n) is 3.77. The Morgan fingerprint density at radius 2 is 2.15 bits per heavy atom. The summed E-state index contributed by atoms with van der Waals surface area (Å²) in [5.41, 5.74) is 0.374. The van der Waals surface area contributed by atoms with Crippen LogP contribution in [0.3, 0.4) is 0 Å². The second-order valence-electron chi connectivity index (χ2n) is 6.79. The molecular formula is C15H27N3OS. The lowest BCUT2D eigenvalue weighted by molar-refractivity contribution is 0.0556. The Morgan fingerprint density at radius 1 is 1.35 bits per heavy atom. The van der Waals surface area contributed by atoms with Crippen LogP contribution in [0, 0.1) is 11.3 Å². The molecule has 1 saturated carbocycles. The molecule has 20 heavy (non-hydrogen) atoms. The molecule has 0 bridgehead atoms. The highest BCUT2D eigenvalue weighted by atomic mass is 32.1. The first-order chi connectivity index (χ1) is 9.48. The first-order valence-corrected chi connectivity index (χ1v) is 8.50. The highest BCUT2D eigenvalue weighted by Crippen LogP contribution is 2.40. The van der Waals surface area contributed by atoms with E-state index < -0.39 is 0 Å². The van der Waals surface area contributed by atoms with Crippen molar-refractivity contribution >= 4 is 11.3 Å². The molecule has 1 aliphatic rings. The summed E-state index contributed by atoms with van der Waals surface area (Å²) in [6.45, 7) is 11.0. The fraction of sp³-hybridized carbons (Fsp3) is 0.867. The number of nitrogens with one attached hydrogen (secondary N) is 1. The van der Waals surface area contributed by atoms with E-state index in [1.807, 2.05) is 0 Å². The lowest BCUT2D eigenvalue weighted by atomic mass is 9.71. The van der Waals surface area contributed by atoms with E-state index in [2.05, 4.69) is 43.2 Å². The molecule has 0 aromatic carbocycles. The fourth-order valence-corrected chi connectivity index (χ4v) is 3.94. The Bertz CT molecular complexity index is 419. The number of hydrogen-bond donors (Lipinski definition) is 1. The van der Waals surface area contributed by atoms with E-state index >= 15 is 0 Å². The van der Waals surface area contributed by atoms with Gasteiger partial charge in [-0.2, -0.15) is 0 Å². The van der Waals surface area contributed by atoms with Gasteiger partial charge >= 0.3 is 0 Å². The summed E-state index contributed by atoms with van der Waals surface area (Å²) in [7, 11) is 0. The van der Waals surface area contributed by atoms with Gasteiger partial charge in [-0.3, -0.25) is 0 Å². The zero-order valence-corrected chi connectivity index (χ0v) is 13.9. The van der Waals surface area contributed by atoms with Crippen molar-refractivity contribution in [1.82, 2.24) is 15.5 Å². The molecule has 1 aromatic heterocycles. The van der Waals surface area contributed by atoms with Crippen LogP contribution in [0.15, 0.2) is 0 Å². The maximum atomic E-state index is 6.07. The van der Waals surface area contributed by atoms with E-state index in [-0.39, 0.29) is 6.10 Å². The molecule has 0 saturated heterocycles. The van der Waals surface area contributed by atoms with Gasteiger partial charge in [0, 0.05) is 6.54 Å². The third-order valence-corrected chi connectivity index (χ3v) is 4.58. The molecule has 2 atom stereocenters. The quantitative estimate of drug-likeness (QED) is 0.815. The maximum absolute atomic E-state index is 6.07. The van der Waals surface area contributed by atoms with Crippen LogP contribution in [-0.4, -0.2) is 22.8 Å². The summed E-state index contributed by atoms with van der Waals surface area (Å²) < 4.78 is 6.07. The van der Waals surface area contributed by atoms with E-state index in [1.165, 1.54) is 6.42 Å². The van der Waals surface area contributed by atoms with E-state index in [1.54, 1.807) is 11.3 Å². The first kappa shape index (κ1) is 15.7. The molecular weight excluding hydrogens is 270 g/mol. The van der Waals surface area contributed by atoms with Crippen LogP contribution in [0.25, 0.3) is 0 Å². The van der Waals surface area contributed by atoms with Crippen LogP contribution < -0.4 is 10.1 Å². The number of ether oxygens (including phenoxy) is 1. The van der Waals surface area contributed by atoms with Gasteiger partial charge in [-0.05, 0) is 43.6 Å². The topological polar surface area (TPSA) is 47.0 Å². The van der Waals surface area contributed by atoms with Crippen LogP contribution in [0.5, 0.6) is 5.19 Å². The largest absolute Gasteiger partial charge is 0.466 e. The fourth-order valence-electron chi connectivity index (χ4n) is 3.22. The lowest BCUT2D eigenvalue weighted by Crippen LogP contribution is -2.34. The zero-order valence-electron chi connectivity index (χ0n) is 13.1. The van der Waals surface area contributed by atoms with Crippen molar-refractivity contribution in [2.45, 2.75) is 66.0 Å². The summed E-state index contributed by atoms with van der Waals surface area (Å²) in [6.07, 6.45) is 4.96. The summed E-state index contributed by atoms with van der Waals surface area (Å²) in [4.78, 5) is 0. The minimum atomic E-state index is 0.290. The second-order valence-corrected chi connectivity index (χ2v) is 7.82. The SMILES string of the molecule is CCCNCc1nnc(OC2CC(C)CC(C)(C)C2)s1. The highest BCUT2D eigenvalue weighted by molar-refractivity contribution is 7.13. The molecule has 0 spiro atoms. The van der Waals surface area contributed by atoms with Gasteiger partial charge in [-0.15, -0.1) is 5.10 Å². The molecule has 114 valence electrons. The number of rotatable bonds is 6. The van der Waals surface area contributed by atoms with Crippen molar-refractivity contribution in [3.63, 3.8) is 0 Å². The normalized spacial score (nSPS) is 25.6. The summed E-state index contributed by atoms with van der Waals surface area (Å²) in [6, 6.07) is 0. The van der Waals surface area contributed by atoms with Crippen molar-refractivity contribution in [3.8, 4) is 5.19 Å². The van der Waals surface area contributed by atoms with Crippen LogP contribution in [0.4, 0.5) is 0 Å². The van der Waals surface area contributed by atoms with Gasteiger partial charge in [0.2, 0.25) is 0 Å². The predicted octanol–water partition coefficient (Wildman–Crippen LogP) is 3.63. The minimum Gasteiger partial charge on any atom is -0.466 e. The zero-order chi connectivity index (χ0) is 14.6. The molecule has 5 heteroatoms. The molecule has 2 rings (SSSR count). The van der Waals surface area contributed by atoms with E-state index in [0.29, 0.717) is 5.41 Å². The van der Waals surface area contributed by atoms with Gasteiger partial charge in [0.05, 0.1) is 0 Å². The molecule has 4 nitrogen and oxygen atoms in total. The summed E-state index contributed by atoms with van der Waals surface area (Å²) in [5.74, 6) is 0.724. The van der Waals surface area contributed by atoms with Crippen molar-refractivity contribution in [3.05, 3.63) is 5.01 Å². The van der Waals surface area contributed by atoms with Crippen molar-refractivity contribution in [2.24, 2.45) is 11.3 Å². The van der Waals surface area contributed by atoms with Gasteiger partial charge in [0.1, 0.15) is 11.1 Å². The number of aromatic nitrogens is 2. The molecule has 1 fully saturated rings. The summed E-state index contributed by atoms with van der Waals surface area (Å²) >= 11 is 1.57. The average Bonchev–Trinajstić information content (AvgIpc) is 2.74. The van der Waals surface area contributed by atoms with Gasteiger partial charge in [0.25, 0.3) is 5.19 Å². The minimum absolute atomic E-state index is 0.290. The smallest absolute Gasteiger partial charge is 0.294 e. The Morgan fingerprint density at radius 3 is 2.85 bits per heavy atom. The molecule has 1 aliphatic carbocycles. The van der Waals surface area contributed by atoms with Crippen molar-refractivity contribution < 1.29 is 4.74 Å². The van der Waals surface area contributed by atoms with Crippen LogP contribution in [-0.2, 0) is 6.54 Å². The Labute approximate surface area is 126 Å². The second kappa shape index (κ2) is 6.85. The van der Waals surface area contributed by atoms with Gasteiger partial charge in [-0.25, -0.2) is 0 Å². The molecule has 0 radical (unpaired) electrons. The molecule has 0 aliphatic heterocycles. The standard InChI is InChI=1S/C15H27N3OS/c1-5-6-16-10-13-17-18-14(20-13)19-12-7-11(2)8-15(3,4)9-12/h11-12,16H,5-10H2,1-4H3. The van der Waals surface area contributed by atoms with E-state index in [0.717, 1.165) is 48.5 Å². The highest BCUT2D eigenvalue weighted by Gasteiger charge is 2.33. The number of hydrogen-bond acceptors (Lipinski definition) is 5. The molecule has 2 unspecified atom stereocenters. The third kappa shape index (κ3) is 4.70. The average molecular weight is 297 g/mol. The lowest BCUT2D eigenvalue weighted by Gasteiger charge is -2.38. The monoisotopic (exact) mass is 297 g/mol. The molecule has 1 aromatic rings. The van der Waals surface area contributed by atoms with E-state index in [9.17, 15) is 0 Å². The Kier molecular flexibility index (Phi) is 5.38. The van der Waals surface area contributed by atoms with Crippen molar-refractivity contribution in [2.75, 3.05) is 6.54 Å². The first-order valence-electron chi connectivity index (χ1n) is 7.68. The van der Waals surface area contributed by atoms with E-state index in [4.69, 9.17) is 4.74 Å². The van der Waals surface area contributed by atoms with Crippen molar-refractivity contribution in [1.29, 1.82) is 0 Å². The summed E-state index contributed by atoms with van der Waals surface area (Å²) in [5, 5.41) is 13.4. The van der Waals surface area contributed by atoms with Gasteiger partial charge in [-0.1, -0.05) is 44.1 Å². The molecule has 1 N–H and O–H groups in total. The van der Waals surface area contributed by atoms with Crippen LogP contribution in [0.2, 0.25) is 0 Å². The Hall–Kier alpha value is -0.680. The van der Waals surface area contributed by atoms with Gasteiger partial charge < -0.3 is 10.1 Å².